The van der Waals surface area contributed by atoms with Gasteiger partial charge in [-0.2, -0.15) is 0 Å². The molecule has 0 radical (unpaired) electrons. The molecule has 242 valence electrons. The van der Waals surface area contributed by atoms with Crippen LogP contribution in [0.5, 0.6) is 5.75 Å². The van der Waals surface area contributed by atoms with E-state index < -0.39 is 21.2 Å². The Morgan fingerprint density at radius 3 is 2.82 bits per heavy atom. The molecule has 0 aromatic heterocycles. The Morgan fingerprint density at radius 1 is 1.20 bits per heavy atom. The molecule has 2 N–H and O–H groups in total. The fraction of sp³-hybridized carbons (Fsp3) is 0.529. The van der Waals surface area contributed by atoms with Gasteiger partial charge in [0, 0.05) is 36.1 Å². The quantitative estimate of drug-likeness (QED) is 0.458. The molecule has 2 aromatic rings. The highest BCUT2D eigenvalue weighted by molar-refractivity contribution is 7.90. The maximum atomic E-state index is 13.3. The van der Waals surface area contributed by atoms with E-state index in [1.807, 2.05) is 18.2 Å². The van der Waals surface area contributed by atoms with Crippen molar-refractivity contribution in [2.24, 2.45) is 11.8 Å². The summed E-state index contributed by atoms with van der Waals surface area (Å²) in [7, 11) is -2.32. The first-order valence-electron chi connectivity index (χ1n) is 15.9. The third-order valence-electron chi connectivity index (χ3n) is 10.2. The maximum absolute atomic E-state index is 13.3. The number of carbonyl (C=O) groups excluding carboxylic acids is 2. The predicted molar refractivity (Wildman–Crippen MR) is 174 cm³/mol. The van der Waals surface area contributed by atoms with Gasteiger partial charge in [0.2, 0.25) is 15.9 Å². The summed E-state index contributed by atoms with van der Waals surface area (Å²) in [5, 5.41) is 2.58. The topological polar surface area (TPSA) is 114 Å². The zero-order valence-electron chi connectivity index (χ0n) is 25.9. The number of benzene rings is 2. The van der Waals surface area contributed by atoms with Gasteiger partial charge in [0.15, 0.2) is 0 Å². The number of likely N-dealkylation sites (N-methyl/N-ethyl adjacent to an activating group) is 1. The van der Waals surface area contributed by atoms with E-state index in [0.717, 1.165) is 42.8 Å². The van der Waals surface area contributed by atoms with Gasteiger partial charge in [-0.05, 0) is 105 Å². The second-order valence-corrected chi connectivity index (χ2v) is 15.6. The van der Waals surface area contributed by atoms with E-state index in [2.05, 4.69) is 27.1 Å². The maximum Gasteiger partial charge on any atom is 0.264 e. The fourth-order valence-electron chi connectivity index (χ4n) is 7.36. The fourth-order valence-corrected chi connectivity index (χ4v) is 8.58. The van der Waals surface area contributed by atoms with Crippen molar-refractivity contribution < 1.29 is 27.5 Å². The summed E-state index contributed by atoms with van der Waals surface area (Å²) in [4.78, 5) is 27.8. The van der Waals surface area contributed by atoms with E-state index in [1.165, 1.54) is 11.1 Å². The molecule has 2 aliphatic heterocycles. The molecule has 11 heteroatoms. The molecular weight excluding hydrogens is 614 g/mol. The highest BCUT2D eigenvalue weighted by Gasteiger charge is 2.44. The SMILES string of the molecule is CNC(=O)CO[C@H]1/C=C/CC[C@@H](C)S(=O)(=O)NC(=O)c2ccc3c(c2)N(C[C@@H]2CC[C@H]21)C[C@@]1(CCCc2cc(Cl)ccc21)CO3. The Balaban J connectivity index is 1.40. The molecule has 4 aliphatic rings. The van der Waals surface area contributed by atoms with Crippen LogP contribution >= 0.6 is 11.6 Å². The Morgan fingerprint density at radius 2 is 2.04 bits per heavy atom. The number of carbonyl (C=O) groups is 2. The van der Waals surface area contributed by atoms with Gasteiger partial charge in [-0.25, -0.2) is 13.1 Å². The first-order valence-corrected chi connectivity index (χ1v) is 17.9. The van der Waals surface area contributed by atoms with Crippen molar-refractivity contribution in [2.75, 3.05) is 38.3 Å². The lowest BCUT2D eigenvalue weighted by molar-refractivity contribution is -0.128. The van der Waals surface area contributed by atoms with Crippen molar-refractivity contribution >= 4 is 39.1 Å². The van der Waals surface area contributed by atoms with E-state index in [4.69, 9.17) is 21.1 Å². The Kier molecular flexibility index (Phi) is 9.19. The van der Waals surface area contributed by atoms with E-state index in [9.17, 15) is 18.0 Å². The number of allylic oxidation sites excluding steroid dienone is 1. The van der Waals surface area contributed by atoms with Gasteiger partial charge >= 0.3 is 0 Å². The van der Waals surface area contributed by atoms with Crippen LogP contribution in [0, 0.1) is 11.8 Å². The highest BCUT2D eigenvalue weighted by atomic mass is 35.5. The summed E-state index contributed by atoms with van der Waals surface area (Å²) < 4.78 is 41.2. The van der Waals surface area contributed by atoms with Gasteiger partial charge in [-0.15, -0.1) is 0 Å². The molecule has 0 unspecified atom stereocenters. The molecule has 1 spiro atoms. The molecule has 2 heterocycles. The van der Waals surface area contributed by atoms with Gasteiger partial charge in [-0.1, -0.05) is 29.8 Å². The summed E-state index contributed by atoms with van der Waals surface area (Å²) in [5.74, 6) is 0.307. The van der Waals surface area contributed by atoms with Crippen LogP contribution in [0.15, 0.2) is 48.6 Å². The van der Waals surface area contributed by atoms with Crippen LogP contribution in [0.4, 0.5) is 5.69 Å². The molecule has 45 heavy (non-hydrogen) atoms. The highest BCUT2D eigenvalue weighted by Crippen LogP contribution is 2.47. The zero-order chi connectivity index (χ0) is 31.8. The van der Waals surface area contributed by atoms with Crippen molar-refractivity contribution in [1.82, 2.24) is 10.0 Å². The smallest absolute Gasteiger partial charge is 0.264 e. The standard InChI is InChI=1S/C34H42ClN3O6S/c1-22-6-3-4-8-30(43-19-32(39)36-2)27-12-9-25(27)18-38-20-34(15-5-7-23-16-26(35)11-13-28(23)34)21-44-31-14-10-24(17-29(31)38)33(40)37-45(22,41)42/h4,8,10-11,13-14,16-17,22,25,27,30H,3,5-7,9,12,15,18-21H2,1-2H3,(H,36,39)(H,37,40)/b8-4+/t22-,25+,27-,30+,34+/m1/s1. The van der Waals surface area contributed by atoms with Gasteiger partial charge in [0.25, 0.3) is 5.91 Å². The van der Waals surface area contributed by atoms with Crippen LogP contribution in [0.3, 0.4) is 0 Å². The molecule has 2 aliphatic carbocycles. The zero-order valence-corrected chi connectivity index (χ0v) is 27.5. The van der Waals surface area contributed by atoms with Crippen molar-refractivity contribution in [3.63, 3.8) is 0 Å². The van der Waals surface area contributed by atoms with Crippen LogP contribution in [0.25, 0.3) is 0 Å². The number of sulfonamides is 1. The number of ether oxygens (including phenoxy) is 2. The summed E-state index contributed by atoms with van der Waals surface area (Å²) in [6.45, 7) is 3.43. The van der Waals surface area contributed by atoms with Crippen LogP contribution < -0.4 is 19.7 Å². The lowest BCUT2D eigenvalue weighted by Gasteiger charge is -2.46. The molecule has 6 rings (SSSR count). The Hall–Kier alpha value is -3.08. The number of nitrogens with one attached hydrogen (secondary N) is 2. The second kappa shape index (κ2) is 13.0. The predicted octanol–water partition coefficient (Wildman–Crippen LogP) is 4.77. The van der Waals surface area contributed by atoms with E-state index in [1.54, 1.807) is 32.2 Å². The minimum atomic E-state index is -3.91. The molecule has 1 saturated carbocycles. The number of nitrogens with zero attached hydrogens (tertiary/aromatic N) is 1. The average molecular weight is 656 g/mol. The van der Waals surface area contributed by atoms with Gasteiger partial charge < -0.3 is 19.7 Å². The number of aryl methyl sites for hydroxylation is 1. The van der Waals surface area contributed by atoms with Crippen molar-refractivity contribution in [3.05, 3.63) is 70.3 Å². The van der Waals surface area contributed by atoms with E-state index in [0.29, 0.717) is 38.3 Å². The minimum absolute atomic E-state index is 0.0439. The summed E-state index contributed by atoms with van der Waals surface area (Å²) in [5.41, 5.74) is 3.26. The lowest BCUT2D eigenvalue weighted by Crippen LogP contribution is -2.50. The van der Waals surface area contributed by atoms with Gasteiger partial charge in [0.1, 0.15) is 12.4 Å². The molecule has 2 aromatic carbocycles. The summed E-state index contributed by atoms with van der Waals surface area (Å²) in [6.07, 6.45) is 9.40. The van der Waals surface area contributed by atoms with Crippen molar-refractivity contribution in [2.45, 2.75) is 68.6 Å². The van der Waals surface area contributed by atoms with Crippen LogP contribution in [0.2, 0.25) is 5.02 Å². The van der Waals surface area contributed by atoms with E-state index in [-0.39, 0.29) is 41.4 Å². The third kappa shape index (κ3) is 6.60. The number of fused-ring (bicyclic) bond motifs is 4. The monoisotopic (exact) mass is 655 g/mol. The molecule has 2 amide bonds. The molecule has 9 nitrogen and oxygen atoms in total. The van der Waals surface area contributed by atoms with Crippen molar-refractivity contribution in [1.29, 1.82) is 0 Å². The van der Waals surface area contributed by atoms with Crippen LogP contribution in [-0.2, 0) is 31.4 Å². The number of amides is 2. The summed E-state index contributed by atoms with van der Waals surface area (Å²) >= 11 is 6.41. The normalized spacial score (nSPS) is 30.0. The first-order chi connectivity index (χ1) is 21.6. The average Bonchev–Trinajstić information content (AvgIpc) is 3.15. The van der Waals surface area contributed by atoms with Crippen molar-refractivity contribution in [3.8, 4) is 5.75 Å². The number of hydrogen-bond donors (Lipinski definition) is 2. The Bertz CT molecular complexity index is 1600. The Labute approximate surface area is 270 Å². The van der Waals surface area contributed by atoms with Gasteiger partial charge in [-0.3, -0.25) is 9.59 Å². The van der Waals surface area contributed by atoms with E-state index >= 15 is 0 Å². The number of rotatable bonds is 3. The molecule has 5 atom stereocenters. The lowest BCUT2D eigenvalue weighted by atomic mass is 9.68. The van der Waals surface area contributed by atoms with Gasteiger partial charge in [0.05, 0.1) is 23.6 Å². The number of anilines is 1. The molecule has 1 fully saturated rings. The minimum Gasteiger partial charge on any atom is -0.490 e. The molecule has 2 bridgehead atoms. The summed E-state index contributed by atoms with van der Waals surface area (Å²) in [6, 6.07) is 11.4. The number of halogens is 1. The molecule has 0 saturated heterocycles. The second-order valence-electron chi connectivity index (χ2n) is 13.0. The van der Waals surface area contributed by atoms with Crippen LogP contribution in [-0.4, -0.2) is 64.9 Å². The third-order valence-corrected chi connectivity index (χ3v) is 12.2. The largest absolute Gasteiger partial charge is 0.490 e. The number of hydrogen-bond acceptors (Lipinski definition) is 7. The molecular formula is C34H42ClN3O6S. The first kappa shape index (κ1) is 31.9. The van der Waals surface area contributed by atoms with Crippen LogP contribution in [0.1, 0.15) is 66.9 Å².